The molecule has 0 unspecified atom stereocenters. The van der Waals surface area contributed by atoms with E-state index in [1.165, 1.54) is 13.1 Å². The van der Waals surface area contributed by atoms with E-state index in [1.807, 2.05) is 0 Å². The average molecular weight is 410 g/mol. The first-order chi connectivity index (χ1) is 8.80. The summed E-state index contributed by atoms with van der Waals surface area (Å²) in [6.07, 6.45) is -3.72. The van der Waals surface area contributed by atoms with Gasteiger partial charge in [-0.25, -0.2) is 9.78 Å². The van der Waals surface area contributed by atoms with Gasteiger partial charge in [0.15, 0.2) is 11.4 Å². The van der Waals surface area contributed by atoms with Crippen molar-refractivity contribution >= 4 is 40.2 Å². The van der Waals surface area contributed by atoms with Crippen LogP contribution in [0.15, 0.2) is 6.20 Å². The van der Waals surface area contributed by atoms with Crippen molar-refractivity contribution in [3.8, 4) is 5.75 Å². The van der Waals surface area contributed by atoms with Crippen LogP contribution in [0, 0.1) is 3.57 Å². The topological polar surface area (TPSA) is 48.4 Å². The van der Waals surface area contributed by atoms with Crippen molar-refractivity contribution in [1.29, 1.82) is 0 Å². The summed E-state index contributed by atoms with van der Waals surface area (Å²) in [7, 11) is 0. The summed E-state index contributed by atoms with van der Waals surface area (Å²) in [5.74, 6) is -1.73. The molecule has 0 spiro atoms. The molecule has 0 atom stereocenters. The lowest BCUT2D eigenvalue weighted by Gasteiger charge is -2.15. The third-order valence-electron chi connectivity index (χ3n) is 1.88. The Bertz CT molecular complexity index is 482. The predicted molar refractivity (Wildman–Crippen MR) is 69.2 cm³/mol. The van der Waals surface area contributed by atoms with Gasteiger partial charge in [0, 0.05) is 11.8 Å². The van der Waals surface area contributed by atoms with E-state index in [2.05, 4.69) is 14.5 Å². The van der Waals surface area contributed by atoms with E-state index >= 15 is 0 Å². The molecule has 1 rings (SSSR count). The number of halogens is 5. The quantitative estimate of drug-likeness (QED) is 0.434. The molecule has 0 aromatic carbocycles. The molecule has 106 valence electrons. The van der Waals surface area contributed by atoms with Gasteiger partial charge in [0.25, 0.3) is 0 Å². The molecule has 1 aromatic rings. The Morgan fingerprint density at radius 3 is 2.63 bits per heavy atom. The van der Waals surface area contributed by atoms with Crippen LogP contribution in [0.25, 0.3) is 0 Å². The molecule has 1 aromatic heterocycles. The van der Waals surface area contributed by atoms with Crippen molar-refractivity contribution in [3.63, 3.8) is 0 Å². The van der Waals surface area contributed by atoms with Crippen LogP contribution >= 0.6 is 34.2 Å². The zero-order chi connectivity index (χ0) is 14.6. The number of pyridine rings is 1. The summed E-state index contributed by atoms with van der Waals surface area (Å²) < 4.78 is 45.6. The predicted octanol–water partition coefficient (Wildman–Crippen LogP) is 3.50. The number of carbonyl (C=O) groups excluding carboxylic acids is 1. The summed E-state index contributed by atoms with van der Waals surface area (Å²) in [4.78, 5) is 15.2. The largest absolute Gasteiger partial charge is 0.573 e. The number of nitrogens with zero attached hydrogens (tertiary/aromatic N) is 1. The first-order valence-electron chi connectivity index (χ1n) is 4.96. The molecule has 9 heteroatoms. The van der Waals surface area contributed by atoms with Crippen LogP contribution in [0.1, 0.15) is 23.0 Å². The molecular formula is C10H8ClF3INO3. The standard InChI is InChI=1S/C10H8ClF3INO3/c1-2-18-9(17)7-8(19-10(12,13)14)6(15)5(3-11)4-16-7/h4H,2-3H2,1H3. The maximum Gasteiger partial charge on any atom is 0.573 e. The minimum Gasteiger partial charge on any atom is -0.461 e. The third-order valence-corrected chi connectivity index (χ3v) is 3.35. The molecule has 0 aliphatic rings. The normalized spacial score (nSPS) is 11.3. The van der Waals surface area contributed by atoms with Crippen molar-refractivity contribution in [3.05, 3.63) is 21.0 Å². The number of hydrogen-bond donors (Lipinski definition) is 0. The maximum absolute atomic E-state index is 12.3. The Labute approximate surface area is 125 Å². The smallest absolute Gasteiger partial charge is 0.461 e. The fraction of sp³-hybridized carbons (Fsp3) is 0.400. The van der Waals surface area contributed by atoms with Crippen LogP contribution < -0.4 is 4.74 Å². The van der Waals surface area contributed by atoms with Gasteiger partial charge < -0.3 is 9.47 Å². The van der Waals surface area contributed by atoms with Gasteiger partial charge in [-0.3, -0.25) is 0 Å². The molecule has 0 fully saturated rings. The molecule has 0 N–H and O–H groups in total. The second kappa shape index (κ2) is 6.60. The number of hydrogen-bond acceptors (Lipinski definition) is 4. The van der Waals surface area contributed by atoms with Crippen LogP contribution in [0.5, 0.6) is 5.75 Å². The Morgan fingerprint density at radius 2 is 2.16 bits per heavy atom. The van der Waals surface area contributed by atoms with E-state index < -0.39 is 23.8 Å². The van der Waals surface area contributed by atoms with Crippen LogP contribution in [0.3, 0.4) is 0 Å². The van der Waals surface area contributed by atoms with Gasteiger partial charge >= 0.3 is 12.3 Å². The second-order valence-electron chi connectivity index (χ2n) is 3.18. The number of aromatic nitrogens is 1. The van der Waals surface area contributed by atoms with E-state index in [9.17, 15) is 18.0 Å². The Kier molecular flexibility index (Phi) is 5.65. The maximum atomic E-state index is 12.3. The molecular weight excluding hydrogens is 401 g/mol. The second-order valence-corrected chi connectivity index (χ2v) is 4.52. The van der Waals surface area contributed by atoms with E-state index in [0.29, 0.717) is 5.56 Å². The molecule has 0 amide bonds. The zero-order valence-electron chi connectivity index (χ0n) is 9.55. The number of alkyl halides is 4. The van der Waals surface area contributed by atoms with Crippen LogP contribution in [0.2, 0.25) is 0 Å². The zero-order valence-corrected chi connectivity index (χ0v) is 12.5. The fourth-order valence-corrected chi connectivity index (χ4v) is 2.28. The SMILES string of the molecule is CCOC(=O)c1ncc(CCl)c(I)c1OC(F)(F)F. The van der Waals surface area contributed by atoms with Gasteiger partial charge in [-0.05, 0) is 29.5 Å². The minimum absolute atomic E-state index is 0.0137. The minimum atomic E-state index is -4.94. The monoisotopic (exact) mass is 409 g/mol. The van der Waals surface area contributed by atoms with Gasteiger partial charge in [0.1, 0.15) is 0 Å². The summed E-state index contributed by atoms with van der Waals surface area (Å²) in [5.41, 5.74) is -0.202. The summed E-state index contributed by atoms with van der Waals surface area (Å²) in [6, 6.07) is 0. The Hall–Kier alpha value is -0.770. The summed E-state index contributed by atoms with van der Waals surface area (Å²) >= 11 is 7.18. The van der Waals surface area contributed by atoms with E-state index in [0.717, 1.165) is 0 Å². The first kappa shape index (κ1) is 16.3. The fourth-order valence-electron chi connectivity index (χ4n) is 1.15. The number of esters is 1. The highest BCUT2D eigenvalue weighted by Gasteiger charge is 2.35. The summed E-state index contributed by atoms with van der Waals surface area (Å²) in [5, 5.41) is 0. The first-order valence-corrected chi connectivity index (χ1v) is 6.57. The molecule has 1 heterocycles. The molecule has 0 saturated carbocycles. The number of ether oxygens (including phenoxy) is 2. The lowest BCUT2D eigenvalue weighted by molar-refractivity contribution is -0.275. The van der Waals surface area contributed by atoms with Gasteiger partial charge in [-0.2, -0.15) is 0 Å². The van der Waals surface area contributed by atoms with Crippen LogP contribution in [0.4, 0.5) is 13.2 Å². The van der Waals surface area contributed by atoms with Crippen molar-refractivity contribution < 1.29 is 27.4 Å². The summed E-state index contributed by atoms with van der Waals surface area (Å²) in [6.45, 7) is 1.54. The van der Waals surface area contributed by atoms with Crippen molar-refractivity contribution in [2.24, 2.45) is 0 Å². The van der Waals surface area contributed by atoms with Gasteiger partial charge in [-0.1, -0.05) is 0 Å². The highest BCUT2D eigenvalue weighted by molar-refractivity contribution is 14.1. The van der Waals surface area contributed by atoms with Crippen molar-refractivity contribution in [2.75, 3.05) is 6.61 Å². The molecule has 19 heavy (non-hydrogen) atoms. The van der Waals surface area contributed by atoms with Crippen molar-refractivity contribution in [1.82, 2.24) is 4.98 Å². The number of rotatable bonds is 4. The van der Waals surface area contributed by atoms with Crippen molar-refractivity contribution in [2.45, 2.75) is 19.2 Å². The lowest BCUT2D eigenvalue weighted by atomic mass is 10.2. The van der Waals surface area contributed by atoms with E-state index in [4.69, 9.17) is 11.6 Å². The molecule has 4 nitrogen and oxygen atoms in total. The Balaban J connectivity index is 3.30. The van der Waals surface area contributed by atoms with E-state index in [-0.39, 0.29) is 16.1 Å². The third kappa shape index (κ3) is 4.37. The molecule has 0 radical (unpaired) electrons. The highest BCUT2D eigenvalue weighted by Crippen LogP contribution is 2.33. The van der Waals surface area contributed by atoms with Gasteiger partial charge in [0.05, 0.1) is 16.1 Å². The lowest BCUT2D eigenvalue weighted by Crippen LogP contribution is -2.21. The number of carbonyl (C=O) groups is 1. The van der Waals surface area contributed by atoms with Crippen LogP contribution in [-0.2, 0) is 10.6 Å². The molecule has 0 saturated heterocycles. The molecule has 0 aliphatic heterocycles. The molecule has 0 aliphatic carbocycles. The Morgan fingerprint density at radius 1 is 1.53 bits per heavy atom. The van der Waals surface area contributed by atoms with Crippen LogP contribution in [-0.4, -0.2) is 23.9 Å². The average Bonchev–Trinajstić information content (AvgIpc) is 2.30. The van der Waals surface area contributed by atoms with E-state index in [1.54, 1.807) is 22.6 Å². The molecule has 0 bridgehead atoms. The highest BCUT2D eigenvalue weighted by atomic mass is 127. The van der Waals surface area contributed by atoms with Gasteiger partial charge in [-0.15, -0.1) is 24.8 Å². The van der Waals surface area contributed by atoms with Gasteiger partial charge in [0.2, 0.25) is 0 Å².